The highest BCUT2D eigenvalue weighted by atomic mass is 16.5. The average molecular weight is 371 g/mol. The lowest BCUT2D eigenvalue weighted by molar-refractivity contribution is -0.134. The first-order chi connectivity index (χ1) is 13.7. The highest BCUT2D eigenvalue weighted by molar-refractivity contribution is 5.73. The summed E-state index contributed by atoms with van der Waals surface area (Å²) >= 11 is 0. The number of nitrogens with zero attached hydrogens (tertiary/aromatic N) is 3. The van der Waals surface area contributed by atoms with Crippen LogP contribution in [0, 0.1) is 11.3 Å². The number of hydrogen-bond donors (Lipinski definition) is 0. The van der Waals surface area contributed by atoms with E-state index in [2.05, 4.69) is 16.9 Å². The molecule has 0 amide bonds. The van der Waals surface area contributed by atoms with Crippen molar-refractivity contribution in [3.63, 3.8) is 0 Å². The number of esters is 1. The van der Waals surface area contributed by atoms with Gasteiger partial charge in [-0.25, -0.2) is 9.97 Å². The molecular formula is C23H21N3O2. The monoisotopic (exact) mass is 371 g/mol. The van der Waals surface area contributed by atoms with Gasteiger partial charge >= 0.3 is 5.97 Å². The van der Waals surface area contributed by atoms with Crippen molar-refractivity contribution >= 4 is 5.97 Å². The van der Waals surface area contributed by atoms with Crippen LogP contribution >= 0.6 is 0 Å². The van der Waals surface area contributed by atoms with Crippen LogP contribution in [-0.2, 0) is 4.79 Å². The number of rotatable bonds is 7. The molecule has 0 N–H and O–H groups in total. The van der Waals surface area contributed by atoms with Gasteiger partial charge in [0.05, 0.1) is 0 Å². The third-order valence-electron chi connectivity index (χ3n) is 4.37. The van der Waals surface area contributed by atoms with Crippen LogP contribution in [0.3, 0.4) is 0 Å². The van der Waals surface area contributed by atoms with Crippen molar-refractivity contribution in [1.82, 2.24) is 9.97 Å². The fourth-order valence-electron chi connectivity index (χ4n) is 2.81. The third-order valence-corrected chi connectivity index (χ3v) is 4.37. The summed E-state index contributed by atoms with van der Waals surface area (Å²) < 4.78 is 5.37. The van der Waals surface area contributed by atoms with E-state index in [-0.39, 0.29) is 11.8 Å². The Morgan fingerprint density at radius 2 is 1.43 bits per heavy atom. The summed E-state index contributed by atoms with van der Waals surface area (Å²) in [7, 11) is 0. The normalized spacial score (nSPS) is 10.3. The second-order valence-corrected chi connectivity index (χ2v) is 6.44. The molecule has 3 aromatic rings. The topological polar surface area (TPSA) is 75.9 Å². The minimum absolute atomic E-state index is 0.159. The lowest BCUT2D eigenvalue weighted by Gasteiger charge is -2.07. The van der Waals surface area contributed by atoms with Crippen molar-refractivity contribution in [1.29, 1.82) is 5.26 Å². The van der Waals surface area contributed by atoms with Crippen molar-refractivity contribution in [3.8, 4) is 34.1 Å². The second-order valence-electron chi connectivity index (χ2n) is 6.44. The third kappa shape index (κ3) is 5.01. The van der Waals surface area contributed by atoms with Crippen molar-refractivity contribution in [2.24, 2.45) is 0 Å². The van der Waals surface area contributed by atoms with Crippen LogP contribution in [0.2, 0.25) is 0 Å². The second kappa shape index (κ2) is 9.43. The lowest BCUT2D eigenvalue weighted by Crippen LogP contribution is -2.07. The Kier molecular flexibility index (Phi) is 6.48. The van der Waals surface area contributed by atoms with Gasteiger partial charge in [-0.15, -0.1) is 0 Å². The van der Waals surface area contributed by atoms with Crippen molar-refractivity contribution in [3.05, 3.63) is 66.7 Å². The van der Waals surface area contributed by atoms with Crippen LogP contribution in [-0.4, -0.2) is 15.9 Å². The van der Waals surface area contributed by atoms with E-state index in [4.69, 9.17) is 10.00 Å². The maximum absolute atomic E-state index is 11.8. The zero-order chi connectivity index (χ0) is 19.8. The molecule has 140 valence electrons. The van der Waals surface area contributed by atoms with Gasteiger partial charge in [0.15, 0.2) is 0 Å². The largest absolute Gasteiger partial charge is 0.427 e. The highest BCUT2D eigenvalue weighted by Gasteiger charge is 2.06. The van der Waals surface area contributed by atoms with Gasteiger partial charge in [-0.1, -0.05) is 56.2 Å². The summed E-state index contributed by atoms with van der Waals surface area (Å²) in [5.41, 5.74) is 3.93. The maximum Gasteiger partial charge on any atom is 0.311 e. The average Bonchev–Trinajstić information content (AvgIpc) is 2.75. The Balaban J connectivity index is 1.65. The van der Waals surface area contributed by atoms with Crippen LogP contribution in [0.5, 0.6) is 5.75 Å². The molecule has 0 aliphatic carbocycles. The number of carbonyl (C=O) groups is 1. The van der Waals surface area contributed by atoms with Crippen LogP contribution < -0.4 is 4.74 Å². The van der Waals surface area contributed by atoms with Gasteiger partial charge < -0.3 is 4.74 Å². The molecule has 0 unspecified atom stereocenters. The van der Waals surface area contributed by atoms with Gasteiger partial charge in [0.25, 0.3) is 0 Å². The molecule has 28 heavy (non-hydrogen) atoms. The molecule has 3 rings (SSSR count). The summed E-state index contributed by atoms with van der Waals surface area (Å²) in [5, 5.41) is 8.78. The number of ether oxygens (including phenoxy) is 1. The standard InChI is InChI=1S/C23H21N3O2/c1-2-3-4-5-23(27)28-21-12-10-18(11-13-21)17-6-8-19(9-7-17)20-15-25-22(14-24)26-16-20/h6-13,15-16H,2-5H2,1H3. The van der Waals surface area contributed by atoms with Gasteiger partial charge in [0.2, 0.25) is 5.82 Å². The van der Waals surface area contributed by atoms with Gasteiger partial charge in [-0.2, -0.15) is 5.26 Å². The number of unbranched alkanes of at least 4 members (excludes halogenated alkanes) is 2. The maximum atomic E-state index is 11.8. The molecule has 0 aliphatic heterocycles. The fourth-order valence-corrected chi connectivity index (χ4v) is 2.81. The molecular weight excluding hydrogens is 350 g/mol. The van der Waals surface area contributed by atoms with Crippen molar-refractivity contribution in [2.45, 2.75) is 32.6 Å². The first kappa shape index (κ1) is 19.2. The molecule has 0 radical (unpaired) electrons. The van der Waals surface area contributed by atoms with E-state index >= 15 is 0 Å². The van der Waals surface area contributed by atoms with Crippen molar-refractivity contribution in [2.75, 3.05) is 0 Å². The first-order valence-corrected chi connectivity index (χ1v) is 9.33. The summed E-state index contributed by atoms with van der Waals surface area (Å²) in [6.07, 6.45) is 6.73. The predicted molar refractivity (Wildman–Crippen MR) is 107 cm³/mol. The Morgan fingerprint density at radius 1 is 0.893 bits per heavy atom. The van der Waals surface area contributed by atoms with Gasteiger partial charge in [-0.3, -0.25) is 4.79 Å². The smallest absolute Gasteiger partial charge is 0.311 e. The summed E-state index contributed by atoms with van der Waals surface area (Å²) in [5.74, 6) is 0.540. The van der Waals surface area contributed by atoms with Gasteiger partial charge in [0, 0.05) is 24.4 Å². The molecule has 0 atom stereocenters. The predicted octanol–water partition coefficient (Wildman–Crippen LogP) is 5.17. The van der Waals surface area contributed by atoms with E-state index < -0.39 is 0 Å². The summed E-state index contributed by atoms with van der Waals surface area (Å²) in [6.45, 7) is 2.11. The molecule has 0 saturated heterocycles. The van der Waals surface area contributed by atoms with E-state index in [1.807, 2.05) is 54.6 Å². The fraction of sp³-hybridized carbons (Fsp3) is 0.217. The Labute approximate surface area is 164 Å². The first-order valence-electron chi connectivity index (χ1n) is 9.33. The lowest BCUT2D eigenvalue weighted by atomic mass is 10.0. The van der Waals surface area contributed by atoms with E-state index in [1.54, 1.807) is 12.4 Å². The quantitative estimate of drug-likeness (QED) is 0.325. The molecule has 0 aliphatic rings. The van der Waals surface area contributed by atoms with Crippen LogP contribution in [0.25, 0.3) is 22.3 Å². The molecule has 1 heterocycles. The number of nitriles is 1. The molecule has 0 saturated carbocycles. The summed E-state index contributed by atoms with van der Waals surface area (Å²) in [4.78, 5) is 19.8. The Morgan fingerprint density at radius 3 is 1.96 bits per heavy atom. The number of benzene rings is 2. The molecule has 0 fully saturated rings. The van der Waals surface area contributed by atoms with Crippen LogP contribution in [0.4, 0.5) is 0 Å². The molecule has 1 aromatic heterocycles. The van der Waals surface area contributed by atoms with E-state index in [0.717, 1.165) is 41.5 Å². The molecule has 0 spiro atoms. The zero-order valence-electron chi connectivity index (χ0n) is 15.8. The highest BCUT2D eigenvalue weighted by Crippen LogP contribution is 2.26. The van der Waals surface area contributed by atoms with Gasteiger partial charge in [-0.05, 0) is 35.2 Å². The molecule has 2 aromatic carbocycles. The minimum atomic E-state index is -0.185. The van der Waals surface area contributed by atoms with Crippen molar-refractivity contribution < 1.29 is 9.53 Å². The van der Waals surface area contributed by atoms with E-state index in [1.165, 1.54) is 0 Å². The van der Waals surface area contributed by atoms with E-state index in [0.29, 0.717) is 12.2 Å². The SMILES string of the molecule is CCCCCC(=O)Oc1ccc(-c2ccc(-c3cnc(C#N)nc3)cc2)cc1. The van der Waals surface area contributed by atoms with E-state index in [9.17, 15) is 4.79 Å². The number of aromatic nitrogens is 2. The molecule has 5 nitrogen and oxygen atoms in total. The zero-order valence-corrected chi connectivity index (χ0v) is 15.8. The number of carbonyl (C=O) groups excluding carboxylic acids is 1. The van der Waals surface area contributed by atoms with Crippen LogP contribution in [0.1, 0.15) is 38.4 Å². The molecule has 0 bridgehead atoms. The van der Waals surface area contributed by atoms with Gasteiger partial charge in [0.1, 0.15) is 11.8 Å². The summed E-state index contributed by atoms with van der Waals surface area (Å²) in [6, 6.07) is 17.4. The Bertz CT molecular complexity index is 957. The molecule has 5 heteroatoms. The van der Waals surface area contributed by atoms with Crippen LogP contribution in [0.15, 0.2) is 60.9 Å². The number of hydrogen-bond acceptors (Lipinski definition) is 5. The Hall–Kier alpha value is -3.52. The minimum Gasteiger partial charge on any atom is -0.427 e.